The van der Waals surface area contributed by atoms with Gasteiger partial charge in [0.1, 0.15) is 5.52 Å². The summed E-state index contributed by atoms with van der Waals surface area (Å²) in [5, 5.41) is 0. The smallest absolute Gasteiger partial charge is 0.201 e. The number of nitrogens with zero attached hydrogens (tertiary/aromatic N) is 1. The van der Waals surface area contributed by atoms with E-state index in [9.17, 15) is 0 Å². The molecule has 78 valence electrons. The number of oxazole rings is 1. The lowest BCUT2D eigenvalue weighted by molar-refractivity contribution is 0.191. The van der Waals surface area contributed by atoms with Crippen LogP contribution in [0.5, 0.6) is 0 Å². The molecule has 1 aliphatic heterocycles. The molecule has 4 nitrogen and oxygen atoms in total. The van der Waals surface area contributed by atoms with Gasteiger partial charge in [-0.05, 0) is 18.6 Å². The van der Waals surface area contributed by atoms with Gasteiger partial charge < -0.3 is 14.9 Å². The van der Waals surface area contributed by atoms with Gasteiger partial charge in [-0.15, -0.1) is 0 Å². The molecule has 2 aromatic rings. The Bertz CT molecular complexity index is 486. The van der Waals surface area contributed by atoms with Gasteiger partial charge in [-0.1, -0.05) is 6.07 Å². The Morgan fingerprint density at radius 3 is 3.07 bits per heavy atom. The van der Waals surface area contributed by atoms with Crippen molar-refractivity contribution in [3.63, 3.8) is 0 Å². The fourth-order valence-corrected chi connectivity index (χ4v) is 1.89. The number of benzene rings is 1. The van der Waals surface area contributed by atoms with Crippen LogP contribution < -0.4 is 5.73 Å². The average Bonchev–Trinajstić information content (AvgIpc) is 2.86. The van der Waals surface area contributed by atoms with Gasteiger partial charge in [0.2, 0.25) is 5.89 Å². The van der Waals surface area contributed by atoms with Gasteiger partial charge in [-0.3, -0.25) is 0 Å². The first-order valence-corrected chi connectivity index (χ1v) is 5.07. The van der Waals surface area contributed by atoms with Gasteiger partial charge in [-0.2, -0.15) is 0 Å². The summed E-state index contributed by atoms with van der Waals surface area (Å²) in [5.74, 6) is 1.04. The average molecular weight is 204 g/mol. The molecule has 4 heteroatoms. The normalized spacial score (nSPS) is 21.2. The molecule has 0 aliphatic carbocycles. The van der Waals surface area contributed by atoms with Gasteiger partial charge in [0, 0.05) is 6.61 Å². The Hall–Kier alpha value is -1.55. The molecule has 0 spiro atoms. The molecular weight excluding hydrogens is 192 g/mol. The molecule has 1 aliphatic rings. The van der Waals surface area contributed by atoms with Gasteiger partial charge in [-0.25, -0.2) is 4.98 Å². The molecule has 0 bridgehead atoms. The number of aromatic nitrogens is 1. The standard InChI is InChI=1S/C11H12N2O2/c12-8-2-1-3-9-10(8)13-11(15-9)7-4-5-14-6-7/h1-3,7H,4-6,12H2. The predicted molar refractivity (Wildman–Crippen MR) is 56.6 cm³/mol. The number of anilines is 1. The number of fused-ring (bicyclic) bond motifs is 1. The summed E-state index contributed by atoms with van der Waals surface area (Å²) >= 11 is 0. The van der Waals surface area contributed by atoms with E-state index in [-0.39, 0.29) is 5.92 Å². The molecule has 2 heterocycles. The monoisotopic (exact) mass is 204 g/mol. The van der Waals surface area contributed by atoms with Crippen LogP contribution in [0.15, 0.2) is 22.6 Å². The maximum absolute atomic E-state index is 5.81. The van der Waals surface area contributed by atoms with E-state index in [4.69, 9.17) is 14.9 Å². The second-order valence-corrected chi connectivity index (χ2v) is 3.81. The van der Waals surface area contributed by atoms with Crippen molar-refractivity contribution < 1.29 is 9.15 Å². The van der Waals surface area contributed by atoms with Crippen molar-refractivity contribution in [2.24, 2.45) is 0 Å². The highest BCUT2D eigenvalue weighted by Crippen LogP contribution is 2.29. The topological polar surface area (TPSA) is 61.3 Å². The fourth-order valence-electron chi connectivity index (χ4n) is 1.89. The third kappa shape index (κ3) is 1.37. The molecule has 15 heavy (non-hydrogen) atoms. The second kappa shape index (κ2) is 3.24. The molecule has 1 saturated heterocycles. The molecule has 0 radical (unpaired) electrons. The maximum atomic E-state index is 5.81. The minimum Gasteiger partial charge on any atom is -0.440 e. The second-order valence-electron chi connectivity index (χ2n) is 3.81. The fraction of sp³-hybridized carbons (Fsp3) is 0.364. The highest BCUT2D eigenvalue weighted by Gasteiger charge is 2.23. The van der Waals surface area contributed by atoms with Crippen LogP contribution in [-0.2, 0) is 4.74 Å². The van der Waals surface area contributed by atoms with Crippen molar-refractivity contribution in [2.75, 3.05) is 18.9 Å². The molecule has 1 fully saturated rings. The molecule has 2 N–H and O–H groups in total. The highest BCUT2D eigenvalue weighted by atomic mass is 16.5. The first kappa shape index (κ1) is 8.73. The van der Waals surface area contributed by atoms with Crippen LogP contribution in [0.2, 0.25) is 0 Å². The van der Waals surface area contributed by atoms with Crippen molar-refractivity contribution in [1.82, 2.24) is 4.98 Å². The van der Waals surface area contributed by atoms with Crippen LogP contribution in [0.4, 0.5) is 5.69 Å². The lowest BCUT2D eigenvalue weighted by Gasteiger charge is -1.98. The molecule has 0 saturated carbocycles. The van der Waals surface area contributed by atoms with Crippen LogP contribution in [-0.4, -0.2) is 18.2 Å². The predicted octanol–water partition coefficient (Wildman–Crippen LogP) is 1.91. The van der Waals surface area contributed by atoms with Crippen LogP contribution >= 0.6 is 0 Å². The largest absolute Gasteiger partial charge is 0.440 e. The van der Waals surface area contributed by atoms with E-state index in [0.717, 1.165) is 30.0 Å². The summed E-state index contributed by atoms with van der Waals surface area (Å²) in [4.78, 5) is 4.42. The van der Waals surface area contributed by atoms with E-state index >= 15 is 0 Å². The minimum absolute atomic E-state index is 0.289. The van der Waals surface area contributed by atoms with Gasteiger partial charge in [0.25, 0.3) is 0 Å². The van der Waals surface area contributed by atoms with Crippen molar-refractivity contribution in [2.45, 2.75) is 12.3 Å². The molecule has 1 unspecified atom stereocenters. The van der Waals surface area contributed by atoms with Crippen LogP contribution in [0, 0.1) is 0 Å². The first-order chi connectivity index (χ1) is 7.34. The Balaban J connectivity index is 2.09. The number of nitrogen functional groups attached to an aromatic ring is 1. The number of nitrogens with two attached hydrogens (primary N) is 1. The lowest BCUT2D eigenvalue weighted by atomic mass is 10.1. The first-order valence-electron chi connectivity index (χ1n) is 5.07. The summed E-state index contributed by atoms with van der Waals surface area (Å²) in [5.41, 5.74) is 8.01. The number of hydrogen-bond acceptors (Lipinski definition) is 4. The van der Waals surface area contributed by atoms with Gasteiger partial charge >= 0.3 is 0 Å². The summed E-state index contributed by atoms with van der Waals surface area (Å²) in [6, 6.07) is 5.59. The Morgan fingerprint density at radius 1 is 1.40 bits per heavy atom. The molecule has 3 rings (SSSR count). The van der Waals surface area contributed by atoms with E-state index < -0.39 is 0 Å². The number of hydrogen-bond donors (Lipinski definition) is 1. The Morgan fingerprint density at radius 2 is 2.33 bits per heavy atom. The number of para-hydroxylation sites is 1. The highest BCUT2D eigenvalue weighted by molar-refractivity contribution is 5.85. The Labute approximate surface area is 87.0 Å². The quantitative estimate of drug-likeness (QED) is 0.721. The zero-order valence-electron chi connectivity index (χ0n) is 8.27. The van der Waals surface area contributed by atoms with E-state index in [1.54, 1.807) is 0 Å². The lowest BCUT2D eigenvalue weighted by Crippen LogP contribution is -1.97. The summed E-state index contributed by atoms with van der Waals surface area (Å²) < 4.78 is 11.0. The summed E-state index contributed by atoms with van der Waals surface area (Å²) in [6.07, 6.45) is 0.979. The van der Waals surface area contributed by atoms with E-state index in [2.05, 4.69) is 4.98 Å². The minimum atomic E-state index is 0.289. The van der Waals surface area contributed by atoms with Crippen molar-refractivity contribution >= 4 is 16.8 Å². The third-order valence-electron chi connectivity index (χ3n) is 2.75. The molecule has 1 aromatic heterocycles. The summed E-state index contributed by atoms with van der Waals surface area (Å²) in [7, 11) is 0. The molecular formula is C11H12N2O2. The van der Waals surface area contributed by atoms with Crippen molar-refractivity contribution in [3.05, 3.63) is 24.1 Å². The van der Waals surface area contributed by atoms with Crippen LogP contribution in [0.3, 0.4) is 0 Å². The zero-order chi connectivity index (χ0) is 10.3. The number of ether oxygens (including phenoxy) is 1. The maximum Gasteiger partial charge on any atom is 0.201 e. The third-order valence-corrected chi connectivity index (χ3v) is 2.75. The molecule has 1 atom stereocenters. The van der Waals surface area contributed by atoms with Crippen molar-refractivity contribution in [1.29, 1.82) is 0 Å². The van der Waals surface area contributed by atoms with Gasteiger partial charge in [0.05, 0.1) is 18.2 Å². The van der Waals surface area contributed by atoms with Crippen LogP contribution in [0.1, 0.15) is 18.2 Å². The SMILES string of the molecule is Nc1cccc2oc(C3CCOC3)nc12. The number of rotatable bonds is 1. The Kier molecular flexibility index (Phi) is 1.89. The zero-order valence-corrected chi connectivity index (χ0v) is 8.27. The van der Waals surface area contributed by atoms with Crippen LogP contribution in [0.25, 0.3) is 11.1 Å². The van der Waals surface area contributed by atoms with Gasteiger partial charge in [0.15, 0.2) is 5.58 Å². The van der Waals surface area contributed by atoms with Crippen molar-refractivity contribution in [3.8, 4) is 0 Å². The van der Waals surface area contributed by atoms with E-state index in [0.29, 0.717) is 12.3 Å². The summed E-state index contributed by atoms with van der Waals surface area (Å²) in [6.45, 7) is 1.49. The molecule has 1 aromatic carbocycles. The van der Waals surface area contributed by atoms with E-state index in [1.165, 1.54) is 0 Å². The van der Waals surface area contributed by atoms with E-state index in [1.807, 2.05) is 18.2 Å². The molecule has 0 amide bonds.